The molecule has 5 heteroatoms. The van der Waals surface area contributed by atoms with Crippen LogP contribution in [-0.2, 0) is 9.53 Å². The maximum atomic E-state index is 11.5. The van der Waals surface area contributed by atoms with E-state index in [1.807, 2.05) is 30.3 Å². The Hall–Kier alpha value is -2.14. The molecule has 0 amide bonds. The zero-order valence-corrected chi connectivity index (χ0v) is 11.2. The fourth-order valence-electron chi connectivity index (χ4n) is 2.47. The first-order chi connectivity index (χ1) is 9.78. The van der Waals surface area contributed by atoms with Gasteiger partial charge in [0, 0.05) is 24.5 Å². The normalized spacial score (nSPS) is 21.9. The average Bonchev–Trinajstić information content (AvgIpc) is 2.95. The summed E-state index contributed by atoms with van der Waals surface area (Å²) in [6.07, 6.45) is 2.31. The number of methoxy groups -OCH3 is 1. The molecular formula is C15H16N2O3. The van der Waals surface area contributed by atoms with Crippen molar-refractivity contribution in [3.63, 3.8) is 0 Å². The molecule has 1 saturated heterocycles. The van der Waals surface area contributed by atoms with Gasteiger partial charge in [-0.3, -0.25) is 9.78 Å². The molecule has 1 aromatic heterocycles. The SMILES string of the molecule is COC(=O)[C@@H]1C[C@H](Oc2cccc3cccnc23)CN1. The number of pyridine rings is 1. The van der Waals surface area contributed by atoms with Gasteiger partial charge < -0.3 is 14.8 Å². The summed E-state index contributed by atoms with van der Waals surface area (Å²) in [5.41, 5.74) is 0.844. The molecule has 1 N–H and O–H groups in total. The summed E-state index contributed by atoms with van der Waals surface area (Å²) in [7, 11) is 1.40. The van der Waals surface area contributed by atoms with E-state index in [0.29, 0.717) is 13.0 Å². The second kappa shape index (κ2) is 5.46. The zero-order chi connectivity index (χ0) is 13.9. The van der Waals surface area contributed by atoms with E-state index in [4.69, 9.17) is 9.47 Å². The molecule has 1 aliphatic heterocycles. The second-order valence-corrected chi connectivity index (χ2v) is 4.79. The highest BCUT2D eigenvalue weighted by atomic mass is 16.5. The first-order valence-electron chi connectivity index (χ1n) is 6.59. The molecule has 0 bridgehead atoms. The van der Waals surface area contributed by atoms with Crippen LogP contribution in [0.5, 0.6) is 5.75 Å². The van der Waals surface area contributed by atoms with Crippen molar-refractivity contribution in [2.75, 3.05) is 13.7 Å². The number of benzene rings is 1. The summed E-state index contributed by atoms with van der Waals surface area (Å²) < 4.78 is 10.7. The molecule has 104 valence electrons. The molecule has 5 nitrogen and oxygen atoms in total. The molecule has 3 rings (SSSR count). The molecule has 2 aromatic rings. The Morgan fingerprint density at radius 2 is 2.20 bits per heavy atom. The summed E-state index contributed by atoms with van der Waals surface area (Å²) in [6, 6.07) is 9.46. The number of ether oxygens (including phenoxy) is 2. The lowest BCUT2D eigenvalue weighted by Crippen LogP contribution is -2.31. The summed E-state index contributed by atoms with van der Waals surface area (Å²) in [4.78, 5) is 15.8. The molecule has 0 unspecified atom stereocenters. The van der Waals surface area contributed by atoms with Crippen molar-refractivity contribution in [2.45, 2.75) is 18.6 Å². The Morgan fingerprint density at radius 1 is 1.35 bits per heavy atom. The zero-order valence-electron chi connectivity index (χ0n) is 11.2. The number of aromatic nitrogens is 1. The van der Waals surface area contributed by atoms with Crippen LogP contribution in [0.25, 0.3) is 10.9 Å². The third kappa shape index (κ3) is 2.44. The van der Waals surface area contributed by atoms with Crippen LogP contribution >= 0.6 is 0 Å². The minimum Gasteiger partial charge on any atom is -0.487 e. The van der Waals surface area contributed by atoms with Gasteiger partial charge in [0.2, 0.25) is 0 Å². The average molecular weight is 272 g/mol. The van der Waals surface area contributed by atoms with Crippen molar-refractivity contribution >= 4 is 16.9 Å². The molecule has 0 spiro atoms. The van der Waals surface area contributed by atoms with Gasteiger partial charge in [-0.05, 0) is 12.1 Å². The first kappa shape index (κ1) is 12.9. The van der Waals surface area contributed by atoms with Crippen LogP contribution in [0.1, 0.15) is 6.42 Å². The van der Waals surface area contributed by atoms with E-state index in [1.165, 1.54) is 7.11 Å². The molecule has 2 atom stereocenters. The lowest BCUT2D eigenvalue weighted by Gasteiger charge is -2.14. The van der Waals surface area contributed by atoms with Gasteiger partial charge >= 0.3 is 5.97 Å². The number of carbonyl (C=O) groups excluding carboxylic acids is 1. The van der Waals surface area contributed by atoms with Crippen molar-refractivity contribution in [1.82, 2.24) is 10.3 Å². The van der Waals surface area contributed by atoms with Crippen LogP contribution < -0.4 is 10.1 Å². The maximum Gasteiger partial charge on any atom is 0.323 e. The Bertz CT molecular complexity index is 624. The summed E-state index contributed by atoms with van der Waals surface area (Å²) in [5, 5.41) is 4.15. The molecule has 1 aromatic carbocycles. The van der Waals surface area contributed by atoms with E-state index >= 15 is 0 Å². The van der Waals surface area contributed by atoms with E-state index in [9.17, 15) is 4.79 Å². The quantitative estimate of drug-likeness (QED) is 0.858. The van der Waals surface area contributed by atoms with E-state index in [2.05, 4.69) is 10.3 Å². The van der Waals surface area contributed by atoms with Crippen molar-refractivity contribution in [3.8, 4) is 5.75 Å². The second-order valence-electron chi connectivity index (χ2n) is 4.79. The van der Waals surface area contributed by atoms with E-state index < -0.39 is 0 Å². The first-order valence-corrected chi connectivity index (χ1v) is 6.59. The standard InChI is InChI=1S/C15H16N2O3/c1-19-15(18)12-8-11(9-17-12)20-13-6-2-4-10-5-3-7-16-14(10)13/h2-7,11-12,17H,8-9H2,1H3/t11-,12-/m0/s1. The molecular weight excluding hydrogens is 256 g/mol. The Morgan fingerprint density at radius 3 is 3.05 bits per heavy atom. The number of carbonyl (C=O) groups is 1. The number of hydrogen-bond acceptors (Lipinski definition) is 5. The topological polar surface area (TPSA) is 60.5 Å². The molecule has 1 aliphatic rings. The van der Waals surface area contributed by atoms with Crippen LogP contribution in [0.2, 0.25) is 0 Å². The molecule has 2 heterocycles. The molecule has 0 radical (unpaired) electrons. The number of hydrogen-bond donors (Lipinski definition) is 1. The largest absolute Gasteiger partial charge is 0.487 e. The van der Waals surface area contributed by atoms with Gasteiger partial charge in [0.15, 0.2) is 0 Å². The fraction of sp³-hybridized carbons (Fsp3) is 0.333. The van der Waals surface area contributed by atoms with Crippen molar-refractivity contribution in [2.24, 2.45) is 0 Å². The monoisotopic (exact) mass is 272 g/mol. The smallest absolute Gasteiger partial charge is 0.323 e. The van der Waals surface area contributed by atoms with Crippen LogP contribution in [0, 0.1) is 0 Å². The summed E-state index contributed by atoms with van der Waals surface area (Å²) >= 11 is 0. The van der Waals surface area contributed by atoms with E-state index in [1.54, 1.807) is 6.20 Å². The number of nitrogens with zero attached hydrogens (tertiary/aromatic N) is 1. The van der Waals surface area contributed by atoms with Gasteiger partial charge in [-0.15, -0.1) is 0 Å². The van der Waals surface area contributed by atoms with Crippen molar-refractivity contribution in [1.29, 1.82) is 0 Å². The summed E-state index contributed by atoms with van der Waals surface area (Å²) in [5.74, 6) is 0.507. The number of fused-ring (bicyclic) bond motifs is 1. The highest BCUT2D eigenvalue weighted by Crippen LogP contribution is 2.25. The van der Waals surface area contributed by atoms with Gasteiger partial charge in [0.05, 0.1) is 7.11 Å². The van der Waals surface area contributed by atoms with E-state index in [-0.39, 0.29) is 18.1 Å². The summed E-state index contributed by atoms with van der Waals surface area (Å²) in [6.45, 7) is 0.628. The van der Waals surface area contributed by atoms with Gasteiger partial charge in [0.25, 0.3) is 0 Å². The number of nitrogens with one attached hydrogen (secondary N) is 1. The third-order valence-electron chi connectivity index (χ3n) is 3.47. The Balaban J connectivity index is 1.76. The van der Waals surface area contributed by atoms with Crippen LogP contribution in [0.15, 0.2) is 36.5 Å². The number of esters is 1. The molecule has 0 aliphatic carbocycles. The molecule has 0 saturated carbocycles. The maximum absolute atomic E-state index is 11.5. The van der Waals surface area contributed by atoms with Gasteiger partial charge in [0.1, 0.15) is 23.4 Å². The number of para-hydroxylation sites is 1. The van der Waals surface area contributed by atoms with Crippen molar-refractivity contribution < 1.29 is 14.3 Å². The predicted molar refractivity (Wildman–Crippen MR) is 74.6 cm³/mol. The van der Waals surface area contributed by atoms with Crippen LogP contribution in [-0.4, -0.2) is 36.8 Å². The van der Waals surface area contributed by atoms with Gasteiger partial charge in [-0.1, -0.05) is 18.2 Å². The third-order valence-corrected chi connectivity index (χ3v) is 3.47. The van der Waals surface area contributed by atoms with Crippen molar-refractivity contribution in [3.05, 3.63) is 36.5 Å². The highest BCUT2D eigenvalue weighted by molar-refractivity contribution is 5.84. The highest BCUT2D eigenvalue weighted by Gasteiger charge is 2.31. The minimum atomic E-state index is -0.284. The van der Waals surface area contributed by atoms with Crippen LogP contribution in [0.4, 0.5) is 0 Å². The molecule has 1 fully saturated rings. The minimum absolute atomic E-state index is 0.0493. The predicted octanol–water partition coefficient (Wildman–Crippen LogP) is 1.52. The van der Waals surface area contributed by atoms with Crippen LogP contribution in [0.3, 0.4) is 0 Å². The number of rotatable bonds is 3. The Kier molecular flexibility index (Phi) is 3.52. The Labute approximate surface area is 116 Å². The molecule has 20 heavy (non-hydrogen) atoms. The fourth-order valence-corrected chi connectivity index (χ4v) is 2.47. The lowest BCUT2D eigenvalue weighted by atomic mass is 10.2. The van der Waals surface area contributed by atoms with Gasteiger partial charge in [-0.25, -0.2) is 0 Å². The van der Waals surface area contributed by atoms with E-state index in [0.717, 1.165) is 16.7 Å². The van der Waals surface area contributed by atoms with Gasteiger partial charge in [-0.2, -0.15) is 0 Å². The lowest BCUT2D eigenvalue weighted by molar-refractivity contribution is -0.142.